The summed E-state index contributed by atoms with van der Waals surface area (Å²) in [7, 11) is 0. The first kappa shape index (κ1) is 19.4. The van der Waals surface area contributed by atoms with Gasteiger partial charge < -0.3 is 15.1 Å². The third-order valence-corrected chi connectivity index (χ3v) is 4.83. The molecule has 1 saturated heterocycles. The summed E-state index contributed by atoms with van der Waals surface area (Å²) in [6.07, 6.45) is 1.08. The SMILES string of the molecule is CC(=O)N1CC[NH+](CC(=O)N[C@@H](C)c2ccc(CC(C)C)cc2)CC1. The van der Waals surface area contributed by atoms with Crippen molar-refractivity contribution in [3.8, 4) is 0 Å². The zero-order valence-corrected chi connectivity index (χ0v) is 16.0. The van der Waals surface area contributed by atoms with Gasteiger partial charge in [0.2, 0.25) is 5.91 Å². The number of quaternary nitrogens is 1. The van der Waals surface area contributed by atoms with Crippen LogP contribution in [0, 0.1) is 5.92 Å². The van der Waals surface area contributed by atoms with Crippen LogP contribution in [0.2, 0.25) is 0 Å². The summed E-state index contributed by atoms with van der Waals surface area (Å²) >= 11 is 0. The first-order chi connectivity index (χ1) is 11.8. The average Bonchev–Trinajstić information content (AvgIpc) is 2.55. The minimum absolute atomic E-state index is 0.0125. The van der Waals surface area contributed by atoms with Crippen molar-refractivity contribution in [2.75, 3.05) is 32.7 Å². The maximum Gasteiger partial charge on any atom is 0.275 e. The van der Waals surface area contributed by atoms with Crippen LogP contribution in [0.15, 0.2) is 24.3 Å². The van der Waals surface area contributed by atoms with Crippen molar-refractivity contribution in [1.82, 2.24) is 10.2 Å². The van der Waals surface area contributed by atoms with Gasteiger partial charge in [-0.05, 0) is 30.4 Å². The van der Waals surface area contributed by atoms with E-state index < -0.39 is 0 Å². The fraction of sp³-hybridized carbons (Fsp3) is 0.600. The highest BCUT2D eigenvalue weighted by Gasteiger charge is 2.23. The molecule has 0 radical (unpaired) electrons. The molecule has 0 saturated carbocycles. The molecule has 0 aromatic heterocycles. The first-order valence-electron chi connectivity index (χ1n) is 9.32. The number of rotatable bonds is 6. The van der Waals surface area contributed by atoms with Gasteiger partial charge in [-0.15, -0.1) is 0 Å². The highest BCUT2D eigenvalue weighted by atomic mass is 16.2. The minimum Gasteiger partial charge on any atom is -0.345 e. The highest BCUT2D eigenvalue weighted by Crippen LogP contribution is 2.15. The van der Waals surface area contributed by atoms with E-state index in [1.807, 2.05) is 11.8 Å². The molecule has 1 heterocycles. The van der Waals surface area contributed by atoms with Gasteiger partial charge in [0.05, 0.1) is 32.2 Å². The summed E-state index contributed by atoms with van der Waals surface area (Å²) in [5.74, 6) is 0.845. The van der Waals surface area contributed by atoms with Crippen LogP contribution in [0.5, 0.6) is 0 Å². The standard InChI is InChI=1S/C20H31N3O2/c1-15(2)13-18-5-7-19(8-6-18)16(3)21-20(25)14-22-9-11-23(12-10-22)17(4)24/h5-8,15-16H,9-14H2,1-4H3,(H,21,25)/p+1/t16-/m0/s1. The van der Waals surface area contributed by atoms with Crippen LogP contribution in [-0.2, 0) is 16.0 Å². The van der Waals surface area contributed by atoms with Crippen molar-refractivity contribution in [3.63, 3.8) is 0 Å². The summed E-state index contributed by atoms with van der Waals surface area (Å²) in [6.45, 7) is 11.7. The van der Waals surface area contributed by atoms with Crippen LogP contribution in [0.4, 0.5) is 0 Å². The molecule has 25 heavy (non-hydrogen) atoms. The third-order valence-electron chi connectivity index (χ3n) is 4.83. The number of hydrogen-bond acceptors (Lipinski definition) is 2. The van der Waals surface area contributed by atoms with Crippen molar-refractivity contribution in [2.24, 2.45) is 5.92 Å². The molecule has 138 valence electrons. The van der Waals surface area contributed by atoms with E-state index in [1.165, 1.54) is 10.5 Å². The molecule has 2 N–H and O–H groups in total. The molecule has 0 bridgehead atoms. The third kappa shape index (κ3) is 6.16. The van der Waals surface area contributed by atoms with E-state index in [1.54, 1.807) is 6.92 Å². The Kier molecular flexibility index (Phi) is 7.00. The largest absolute Gasteiger partial charge is 0.345 e. The number of amides is 2. The number of nitrogens with zero attached hydrogens (tertiary/aromatic N) is 1. The molecular weight excluding hydrogens is 314 g/mol. The van der Waals surface area contributed by atoms with E-state index in [-0.39, 0.29) is 17.9 Å². The summed E-state index contributed by atoms with van der Waals surface area (Å²) in [5, 5.41) is 3.10. The Bertz CT molecular complexity index is 575. The zero-order chi connectivity index (χ0) is 18.4. The second-order valence-electron chi connectivity index (χ2n) is 7.56. The number of hydrogen-bond donors (Lipinski definition) is 2. The predicted octanol–water partition coefficient (Wildman–Crippen LogP) is 0.809. The van der Waals surface area contributed by atoms with Crippen molar-refractivity contribution in [2.45, 2.75) is 40.2 Å². The lowest BCUT2D eigenvalue weighted by molar-refractivity contribution is -0.896. The van der Waals surface area contributed by atoms with Crippen LogP contribution in [0.1, 0.15) is 44.9 Å². The molecule has 1 aromatic carbocycles. The van der Waals surface area contributed by atoms with Crippen molar-refractivity contribution < 1.29 is 14.5 Å². The molecule has 0 spiro atoms. The summed E-state index contributed by atoms with van der Waals surface area (Å²) < 4.78 is 0. The molecule has 5 heteroatoms. The van der Waals surface area contributed by atoms with Gasteiger partial charge in [0.25, 0.3) is 5.91 Å². The van der Waals surface area contributed by atoms with E-state index >= 15 is 0 Å². The second-order valence-corrected chi connectivity index (χ2v) is 7.56. The van der Waals surface area contributed by atoms with Crippen molar-refractivity contribution >= 4 is 11.8 Å². The van der Waals surface area contributed by atoms with E-state index in [9.17, 15) is 9.59 Å². The zero-order valence-electron chi connectivity index (χ0n) is 16.0. The molecular formula is C20H32N3O2+. The molecule has 0 aliphatic carbocycles. The molecule has 1 atom stereocenters. The van der Waals surface area contributed by atoms with Gasteiger partial charge in [-0.3, -0.25) is 9.59 Å². The van der Waals surface area contributed by atoms with E-state index in [2.05, 4.69) is 43.4 Å². The minimum atomic E-state index is 0.0125. The Morgan fingerprint density at radius 2 is 1.72 bits per heavy atom. The maximum absolute atomic E-state index is 12.3. The van der Waals surface area contributed by atoms with Gasteiger partial charge >= 0.3 is 0 Å². The lowest BCUT2D eigenvalue weighted by Gasteiger charge is -2.31. The molecule has 1 aliphatic rings. The predicted molar refractivity (Wildman–Crippen MR) is 99.4 cm³/mol. The van der Waals surface area contributed by atoms with Crippen LogP contribution in [0.25, 0.3) is 0 Å². The summed E-state index contributed by atoms with van der Waals surface area (Å²) in [6, 6.07) is 8.55. The van der Waals surface area contributed by atoms with Gasteiger partial charge in [0.15, 0.2) is 6.54 Å². The van der Waals surface area contributed by atoms with E-state index in [4.69, 9.17) is 0 Å². The topological polar surface area (TPSA) is 53.9 Å². The number of carbonyl (C=O) groups is 2. The maximum atomic E-state index is 12.3. The fourth-order valence-electron chi connectivity index (χ4n) is 3.33. The van der Waals surface area contributed by atoms with Gasteiger partial charge in [0, 0.05) is 6.92 Å². The molecule has 2 rings (SSSR count). The Balaban J connectivity index is 1.79. The average molecular weight is 346 g/mol. The van der Waals surface area contributed by atoms with Crippen LogP contribution in [-0.4, -0.2) is 49.4 Å². The molecule has 1 aromatic rings. The lowest BCUT2D eigenvalue weighted by atomic mass is 10.00. The van der Waals surface area contributed by atoms with Gasteiger partial charge in [-0.2, -0.15) is 0 Å². The molecule has 2 amide bonds. The number of benzene rings is 1. The Morgan fingerprint density at radius 1 is 1.12 bits per heavy atom. The van der Waals surface area contributed by atoms with Gasteiger partial charge in [-0.25, -0.2) is 0 Å². The van der Waals surface area contributed by atoms with Crippen molar-refractivity contribution in [1.29, 1.82) is 0 Å². The quantitative estimate of drug-likeness (QED) is 0.801. The van der Waals surface area contributed by atoms with E-state index in [0.717, 1.165) is 38.2 Å². The number of piperazine rings is 1. The lowest BCUT2D eigenvalue weighted by Crippen LogP contribution is -3.15. The second kappa shape index (κ2) is 8.99. The van der Waals surface area contributed by atoms with E-state index in [0.29, 0.717) is 12.5 Å². The molecule has 1 aliphatic heterocycles. The Hall–Kier alpha value is -1.88. The summed E-state index contributed by atoms with van der Waals surface area (Å²) in [5.41, 5.74) is 2.47. The molecule has 5 nitrogen and oxygen atoms in total. The Morgan fingerprint density at radius 3 is 2.24 bits per heavy atom. The smallest absolute Gasteiger partial charge is 0.275 e. The van der Waals surface area contributed by atoms with Crippen LogP contribution >= 0.6 is 0 Å². The van der Waals surface area contributed by atoms with Crippen LogP contribution < -0.4 is 10.2 Å². The Labute approximate surface area is 151 Å². The van der Waals surface area contributed by atoms with Crippen LogP contribution in [0.3, 0.4) is 0 Å². The van der Waals surface area contributed by atoms with Gasteiger partial charge in [-0.1, -0.05) is 38.1 Å². The summed E-state index contributed by atoms with van der Waals surface area (Å²) in [4.78, 5) is 26.8. The van der Waals surface area contributed by atoms with Gasteiger partial charge in [0.1, 0.15) is 0 Å². The normalized spacial score (nSPS) is 16.8. The fourth-order valence-corrected chi connectivity index (χ4v) is 3.33. The molecule has 1 fully saturated rings. The number of nitrogens with one attached hydrogen (secondary N) is 2. The van der Waals surface area contributed by atoms with Crippen molar-refractivity contribution in [3.05, 3.63) is 35.4 Å². The first-order valence-corrected chi connectivity index (χ1v) is 9.32. The molecule has 0 unspecified atom stereocenters. The highest BCUT2D eigenvalue weighted by molar-refractivity contribution is 5.77. The number of carbonyl (C=O) groups excluding carboxylic acids is 2. The monoisotopic (exact) mass is 346 g/mol.